The van der Waals surface area contributed by atoms with E-state index in [0.29, 0.717) is 38.5 Å². The average molecular weight is 489 g/mol. The van der Waals surface area contributed by atoms with Gasteiger partial charge in [-0.25, -0.2) is 8.42 Å². The summed E-state index contributed by atoms with van der Waals surface area (Å²) in [5.41, 5.74) is 1.29. The van der Waals surface area contributed by atoms with E-state index in [9.17, 15) is 13.2 Å². The van der Waals surface area contributed by atoms with E-state index in [2.05, 4.69) is 15.5 Å². The van der Waals surface area contributed by atoms with Gasteiger partial charge in [0.2, 0.25) is 15.9 Å². The monoisotopic (exact) mass is 488 g/mol. The van der Waals surface area contributed by atoms with E-state index in [-0.39, 0.29) is 10.8 Å². The lowest BCUT2D eigenvalue weighted by Gasteiger charge is -2.27. The Labute approximate surface area is 201 Å². The van der Waals surface area contributed by atoms with Crippen molar-refractivity contribution in [3.05, 3.63) is 60.2 Å². The number of benzene rings is 2. The van der Waals surface area contributed by atoms with Crippen LogP contribution >= 0.6 is 0 Å². The van der Waals surface area contributed by atoms with Crippen molar-refractivity contribution in [1.82, 2.24) is 14.5 Å². The first-order chi connectivity index (χ1) is 16.5. The zero-order valence-electron chi connectivity index (χ0n) is 19.2. The van der Waals surface area contributed by atoms with Gasteiger partial charge >= 0.3 is 0 Å². The van der Waals surface area contributed by atoms with Crippen LogP contribution in [-0.2, 0) is 24.3 Å². The summed E-state index contributed by atoms with van der Waals surface area (Å²) in [6, 6.07) is 15.4. The fourth-order valence-electron chi connectivity index (χ4n) is 4.08. The van der Waals surface area contributed by atoms with Gasteiger partial charge in [-0.1, -0.05) is 36.4 Å². The molecule has 0 bridgehead atoms. The van der Waals surface area contributed by atoms with Crippen LogP contribution in [0.4, 0.5) is 5.69 Å². The second kappa shape index (κ2) is 11.9. The fraction of sp³-hybridized carbons (Fsp3) is 0.458. The predicted octanol–water partition coefficient (Wildman–Crippen LogP) is 1.31. The highest BCUT2D eigenvalue weighted by molar-refractivity contribution is 7.89. The van der Waals surface area contributed by atoms with Crippen molar-refractivity contribution in [3.8, 4) is 0 Å². The molecule has 2 aliphatic heterocycles. The van der Waals surface area contributed by atoms with E-state index in [1.807, 2.05) is 30.3 Å². The lowest BCUT2D eigenvalue weighted by atomic mass is 10.1. The maximum atomic E-state index is 13.3. The van der Waals surface area contributed by atoms with E-state index in [1.54, 1.807) is 18.2 Å². The molecule has 1 atom stereocenters. The highest BCUT2D eigenvalue weighted by atomic mass is 32.2. The van der Waals surface area contributed by atoms with Gasteiger partial charge in [-0.2, -0.15) is 4.31 Å². The number of hydrogen-bond acceptors (Lipinski definition) is 7. The minimum Gasteiger partial charge on any atom is -0.379 e. The van der Waals surface area contributed by atoms with E-state index in [4.69, 9.17) is 9.47 Å². The molecule has 2 N–H and O–H groups in total. The molecule has 34 heavy (non-hydrogen) atoms. The normalized spacial score (nSPS) is 18.9. The van der Waals surface area contributed by atoms with Gasteiger partial charge in [-0.05, 0) is 23.8 Å². The van der Waals surface area contributed by atoms with E-state index < -0.39 is 16.1 Å². The van der Waals surface area contributed by atoms with Gasteiger partial charge in [-0.3, -0.25) is 9.69 Å². The minimum atomic E-state index is -3.65. The number of nitrogens with zero attached hydrogens (tertiary/aromatic N) is 2. The molecule has 4 rings (SSSR count). The van der Waals surface area contributed by atoms with Crippen LogP contribution < -0.4 is 10.6 Å². The van der Waals surface area contributed by atoms with Crippen molar-refractivity contribution in [2.45, 2.75) is 10.9 Å². The van der Waals surface area contributed by atoms with Crippen LogP contribution in [0.15, 0.2) is 59.5 Å². The van der Waals surface area contributed by atoms with Gasteiger partial charge in [-0.15, -0.1) is 0 Å². The Balaban J connectivity index is 1.45. The molecular formula is C24H32N4O5S. The molecule has 0 radical (unpaired) electrons. The Morgan fingerprint density at radius 3 is 2.29 bits per heavy atom. The van der Waals surface area contributed by atoms with Gasteiger partial charge in [0.1, 0.15) is 6.04 Å². The lowest BCUT2D eigenvalue weighted by molar-refractivity contribution is -0.118. The van der Waals surface area contributed by atoms with Gasteiger partial charge in [0.15, 0.2) is 0 Å². The van der Waals surface area contributed by atoms with Gasteiger partial charge < -0.3 is 20.1 Å². The molecule has 0 saturated carbocycles. The number of anilines is 1. The number of morpholine rings is 2. The number of carbonyl (C=O) groups is 1. The van der Waals surface area contributed by atoms with E-state index in [0.717, 1.165) is 38.4 Å². The van der Waals surface area contributed by atoms with Crippen LogP contribution in [0.1, 0.15) is 11.6 Å². The van der Waals surface area contributed by atoms with E-state index >= 15 is 0 Å². The van der Waals surface area contributed by atoms with Gasteiger partial charge in [0, 0.05) is 45.0 Å². The Morgan fingerprint density at radius 1 is 0.912 bits per heavy atom. The number of carbonyl (C=O) groups excluding carboxylic acids is 1. The summed E-state index contributed by atoms with van der Waals surface area (Å²) in [6.07, 6.45) is 0. The minimum absolute atomic E-state index is 0.156. The molecule has 2 aromatic carbocycles. The number of amides is 1. The smallest absolute Gasteiger partial charge is 0.246 e. The maximum Gasteiger partial charge on any atom is 0.246 e. The van der Waals surface area contributed by atoms with Crippen molar-refractivity contribution in [3.63, 3.8) is 0 Å². The lowest BCUT2D eigenvalue weighted by Crippen LogP contribution is -2.42. The molecular weight excluding hydrogens is 456 g/mol. The summed E-state index contributed by atoms with van der Waals surface area (Å²) in [5.74, 6) is -0.242. The Kier molecular flexibility index (Phi) is 8.65. The molecule has 10 heteroatoms. The first kappa shape index (κ1) is 24.8. The van der Waals surface area contributed by atoms with Crippen LogP contribution in [0.2, 0.25) is 0 Å². The van der Waals surface area contributed by atoms with Crippen molar-refractivity contribution >= 4 is 21.6 Å². The average Bonchev–Trinajstić information content (AvgIpc) is 2.88. The summed E-state index contributed by atoms with van der Waals surface area (Å²) in [4.78, 5) is 15.7. The first-order valence-electron chi connectivity index (χ1n) is 11.6. The standard InChI is InChI=1S/C24H32N4O5S/c29-24(23(20-5-2-1-3-6-20)25-9-10-27-11-15-32-16-12-27)26-21-7-4-8-22(19-21)34(30,31)28-13-17-33-18-14-28/h1-8,19,23,25H,9-18H2,(H,26,29). The summed E-state index contributed by atoms with van der Waals surface area (Å²) in [5, 5.41) is 6.27. The third kappa shape index (κ3) is 6.41. The highest BCUT2D eigenvalue weighted by Gasteiger charge is 2.27. The van der Waals surface area contributed by atoms with Crippen molar-refractivity contribution < 1.29 is 22.7 Å². The molecule has 2 heterocycles. The Bertz CT molecular complexity index is 1040. The van der Waals surface area contributed by atoms with Crippen molar-refractivity contribution in [2.75, 3.05) is 71.0 Å². The summed E-state index contributed by atoms with van der Waals surface area (Å²) in [6.45, 7) is 6.08. The quantitative estimate of drug-likeness (QED) is 0.549. The topological polar surface area (TPSA) is 100 Å². The molecule has 2 fully saturated rings. The fourth-order valence-corrected chi connectivity index (χ4v) is 5.54. The molecule has 184 valence electrons. The van der Waals surface area contributed by atoms with Crippen molar-refractivity contribution in [2.24, 2.45) is 0 Å². The summed E-state index contributed by atoms with van der Waals surface area (Å²) >= 11 is 0. The highest BCUT2D eigenvalue weighted by Crippen LogP contribution is 2.22. The largest absolute Gasteiger partial charge is 0.379 e. The van der Waals surface area contributed by atoms with Crippen molar-refractivity contribution in [1.29, 1.82) is 0 Å². The molecule has 0 aliphatic carbocycles. The number of sulfonamides is 1. The third-order valence-electron chi connectivity index (χ3n) is 5.98. The molecule has 2 aliphatic rings. The van der Waals surface area contributed by atoms with Gasteiger partial charge in [0.05, 0.1) is 31.3 Å². The number of ether oxygens (including phenoxy) is 2. The number of rotatable bonds is 9. The summed E-state index contributed by atoms with van der Waals surface area (Å²) < 4.78 is 38.1. The van der Waals surface area contributed by atoms with Crippen LogP contribution in [-0.4, -0.2) is 89.2 Å². The molecule has 0 aromatic heterocycles. The van der Waals surface area contributed by atoms with Crippen LogP contribution in [0.5, 0.6) is 0 Å². The molecule has 1 unspecified atom stereocenters. The zero-order chi connectivity index (χ0) is 23.8. The second-order valence-corrected chi connectivity index (χ2v) is 10.2. The third-order valence-corrected chi connectivity index (χ3v) is 7.88. The van der Waals surface area contributed by atoms with Crippen LogP contribution in [0.25, 0.3) is 0 Å². The molecule has 9 nitrogen and oxygen atoms in total. The number of hydrogen-bond donors (Lipinski definition) is 2. The summed E-state index contributed by atoms with van der Waals surface area (Å²) in [7, 11) is -3.65. The first-order valence-corrected chi connectivity index (χ1v) is 13.1. The van der Waals surface area contributed by atoms with Crippen LogP contribution in [0.3, 0.4) is 0 Å². The molecule has 2 saturated heterocycles. The maximum absolute atomic E-state index is 13.3. The zero-order valence-corrected chi connectivity index (χ0v) is 20.0. The Morgan fingerprint density at radius 2 is 1.59 bits per heavy atom. The second-order valence-electron chi connectivity index (χ2n) is 8.29. The SMILES string of the molecule is O=C(Nc1cccc(S(=O)(=O)N2CCOCC2)c1)C(NCCN1CCOCC1)c1ccccc1. The predicted molar refractivity (Wildman–Crippen MR) is 129 cm³/mol. The Hall–Kier alpha value is -2.34. The van der Waals surface area contributed by atoms with Gasteiger partial charge in [0.25, 0.3) is 0 Å². The van der Waals surface area contributed by atoms with Crippen LogP contribution in [0, 0.1) is 0 Å². The molecule has 0 spiro atoms. The van der Waals surface area contributed by atoms with E-state index in [1.165, 1.54) is 10.4 Å². The molecule has 2 aromatic rings. The number of nitrogens with one attached hydrogen (secondary N) is 2. The molecule has 1 amide bonds.